The number of carboxylic acids is 1. The summed E-state index contributed by atoms with van der Waals surface area (Å²) in [7, 11) is 1.13. The molecule has 1 saturated heterocycles. The van der Waals surface area contributed by atoms with Crippen LogP contribution in [0.25, 0.3) is 5.57 Å². The molecule has 3 N–H and O–H groups in total. The monoisotopic (exact) mass is 538 g/mol. The molecule has 0 aromatic heterocycles. The third kappa shape index (κ3) is 5.42. The number of amides is 2. The molecule has 2 amide bonds. The molecule has 13 heteroatoms. The van der Waals surface area contributed by atoms with Crippen molar-refractivity contribution in [2.75, 3.05) is 19.0 Å². The van der Waals surface area contributed by atoms with Crippen LogP contribution in [-0.4, -0.2) is 71.4 Å². The summed E-state index contributed by atoms with van der Waals surface area (Å²) in [5.74, 6) is -3.12. The highest BCUT2D eigenvalue weighted by atomic mass is 19.4. The van der Waals surface area contributed by atoms with E-state index in [0.29, 0.717) is 11.6 Å². The van der Waals surface area contributed by atoms with Gasteiger partial charge in [0.15, 0.2) is 0 Å². The number of β-lactam (4-membered cyclic amide) rings is 1. The number of aliphatic hydroxyl groups excluding tert-OH is 1. The van der Waals surface area contributed by atoms with Crippen molar-refractivity contribution >= 4 is 35.5 Å². The van der Waals surface area contributed by atoms with Gasteiger partial charge in [-0.15, -0.1) is 0 Å². The lowest BCUT2D eigenvalue weighted by molar-refractivity contribution is -0.163. The van der Waals surface area contributed by atoms with Gasteiger partial charge in [-0.3, -0.25) is 14.9 Å². The number of ether oxygens (including phenoxy) is 2. The van der Waals surface area contributed by atoms with Gasteiger partial charge in [0.05, 0.1) is 30.7 Å². The zero-order valence-corrected chi connectivity index (χ0v) is 20.5. The Bertz CT molecular complexity index is 1240. The van der Waals surface area contributed by atoms with E-state index in [1.54, 1.807) is 6.92 Å². The summed E-state index contributed by atoms with van der Waals surface area (Å²) >= 11 is 0. The van der Waals surface area contributed by atoms with Gasteiger partial charge in [-0.25, -0.2) is 9.59 Å². The molecule has 1 aromatic carbocycles. The van der Waals surface area contributed by atoms with Crippen LogP contribution in [0.1, 0.15) is 19.4 Å². The quantitative estimate of drug-likeness (QED) is 0.247. The lowest BCUT2D eigenvalue weighted by Crippen LogP contribution is -2.63. The molecule has 0 saturated carbocycles. The van der Waals surface area contributed by atoms with Crippen molar-refractivity contribution < 1.29 is 52.0 Å². The average molecular weight is 538 g/mol. The van der Waals surface area contributed by atoms with E-state index >= 15 is 0 Å². The zero-order chi connectivity index (χ0) is 28.4. The van der Waals surface area contributed by atoms with Crippen LogP contribution >= 0.6 is 0 Å². The van der Waals surface area contributed by atoms with Crippen molar-refractivity contribution in [3.05, 3.63) is 53.3 Å². The summed E-state index contributed by atoms with van der Waals surface area (Å²) < 4.78 is 49.8. The number of methoxy groups -OCH3 is 1. The highest BCUT2D eigenvalue weighted by Gasteiger charge is 2.59. The van der Waals surface area contributed by atoms with Crippen LogP contribution in [-0.2, 0) is 19.1 Å². The van der Waals surface area contributed by atoms with Gasteiger partial charge in [0.25, 0.3) is 0 Å². The normalized spacial score (nSPS) is 22.2. The summed E-state index contributed by atoms with van der Waals surface area (Å²) in [4.78, 5) is 48.1. The molecule has 4 atom stereocenters. The number of nitrogens with zero attached hydrogens (tertiary/aromatic N) is 1. The number of aliphatic hydroxyl groups is 1. The number of rotatable bonds is 9. The van der Waals surface area contributed by atoms with Gasteiger partial charge in [0.1, 0.15) is 24.3 Å². The zero-order valence-electron chi connectivity index (χ0n) is 20.5. The number of carboxylic acid groups (broad SMARTS) is 1. The Labute approximate surface area is 215 Å². The van der Waals surface area contributed by atoms with Crippen molar-refractivity contribution in [2.24, 2.45) is 11.8 Å². The number of carbonyl (C=O) groups is 4. The Morgan fingerprint density at radius 1 is 1.29 bits per heavy atom. The van der Waals surface area contributed by atoms with Gasteiger partial charge >= 0.3 is 18.2 Å². The maximum absolute atomic E-state index is 13.3. The molecule has 1 aromatic rings. The van der Waals surface area contributed by atoms with Crippen molar-refractivity contribution in [2.45, 2.75) is 32.2 Å². The smallest absolute Gasteiger partial charge is 0.417 e. The maximum Gasteiger partial charge on any atom is 0.417 e. The van der Waals surface area contributed by atoms with Crippen LogP contribution in [0.2, 0.25) is 0 Å². The molecular formula is C25H25F3N2O8. The fraction of sp³-hybridized carbons (Fsp3) is 0.360. The van der Waals surface area contributed by atoms with E-state index in [0.717, 1.165) is 24.1 Å². The van der Waals surface area contributed by atoms with Crippen LogP contribution in [0.5, 0.6) is 5.75 Å². The molecule has 0 bridgehead atoms. The Kier molecular flexibility index (Phi) is 8.30. The van der Waals surface area contributed by atoms with Gasteiger partial charge in [0, 0.05) is 23.2 Å². The first-order valence-corrected chi connectivity index (χ1v) is 11.3. The Hall–Kier alpha value is -4.13. The number of benzene rings is 1. The van der Waals surface area contributed by atoms with E-state index < -0.39 is 53.3 Å². The molecule has 10 nitrogen and oxygen atoms in total. The van der Waals surface area contributed by atoms with Crippen LogP contribution in [0.15, 0.2) is 47.7 Å². The van der Waals surface area contributed by atoms with Crippen molar-refractivity contribution in [3.63, 3.8) is 0 Å². The lowest BCUT2D eigenvalue weighted by atomic mass is 9.78. The third-order valence-electron chi connectivity index (χ3n) is 6.31. The number of fused-ring (bicyclic) bond motifs is 1. The average Bonchev–Trinajstić information content (AvgIpc) is 3.07. The molecule has 1 fully saturated rings. The number of aldehydes is 1. The van der Waals surface area contributed by atoms with Crippen LogP contribution in [0, 0.1) is 11.8 Å². The minimum atomic E-state index is -4.82. The van der Waals surface area contributed by atoms with Gasteiger partial charge < -0.3 is 24.6 Å². The summed E-state index contributed by atoms with van der Waals surface area (Å²) in [5, 5.41) is 21.8. The number of halogens is 3. The second-order valence-electron chi connectivity index (χ2n) is 8.62. The van der Waals surface area contributed by atoms with E-state index in [-0.39, 0.29) is 35.9 Å². The predicted molar refractivity (Wildman–Crippen MR) is 127 cm³/mol. The first-order valence-electron chi connectivity index (χ1n) is 11.3. The number of allylic oxidation sites excluding steroid dienone is 3. The maximum atomic E-state index is 13.3. The molecular weight excluding hydrogens is 513 g/mol. The highest BCUT2D eigenvalue weighted by Crippen LogP contribution is 2.47. The Balaban J connectivity index is 1.67. The Morgan fingerprint density at radius 2 is 1.97 bits per heavy atom. The fourth-order valence-corrected chi connectivity index (χ4v) is 4.66. The second-order valence-corrected chi connectivity index (χ2v) is 8.62. The predicted octanol–water partition coefficient (Wildman–Crippen LogP) is 3.14. The van der Waals surface area contributed by atoms with Crippen LogP contribution in [0.4, 0.5) is 23.7 Å². The third-order valence-corrected chi connectivity index (χ3v) is 6.31. The molecule has 2 heterocycles. The molecule has 204 valence electrons. The van der Waals surface area contributed by atoms with Crippen LogP contribution in [0.3, 0.4) is 0 Å². The van der Waals surface area contributed by atoms with Crippen molar-refractivity contribution in [1.29, 1.82) is 0 Å². The van der Waals surface area contributed by atoms with Gasteiger partial charge in [-0.2, -0.15) is 13.2 Å². The topological polar surface area (TPSA) is 142 Å². The number of nitrogens with one attached hydrogen (secondary N) is 1. The number of alkyl halides is 3. The largest absolute Gasteiger partial charge is 0.496 e. The summed E-state index contributed by atoms with van der Waals surface area (Å²) in [5.41, 5.74) is -1.42. The number of hydrogen-bond donors (Lipinski definition) is 3. The van der Waals surface area contributed by atoms with Gasteiger partial charge in [0.2, 0.25) is 5.91 Å². The van der Waals surface area contributed by atoms with E-state index in [1.807, 2.05) is 0 Å². The van der Waals surface area contributed by atoms with E-state index in [2.05, 4.69) is 5.32 Å². The van der Waals surface area contributed by atoms with Crippen molar-refractivity contribution in [1.82, 2.24) is 4.90 Å². The van der Waals surface area contributed by atoms with Crippen molar-refractivity contribution in [3.8, 4) is 5.75 Å². The minimum absolute atomic E-state index is 0.00656. The lowest BCUT2D eigenvalue weighted by Gasteiger charge is -2.46. The van der Waals surface area contributed by atoms with E-state index in [1.165, 1.54) is 25.1 Å². The van der Waals surface area contributed by atoms with E-state index in [4.69, 9.17) is 9.47 Å². The molecule has 38 heavy (non-hydrogen) atoms. The molecule has 2 aliphatic rings. The molecule has 0 aliphatic carbocycles. The number of aliphatic carboxylic acids is 1. The molecule has 3 rings (SSSR count). The summed E-state index contributed by atoms with van der Waals surface area (Å²) in [6.07, 6.45) is -3.53. The minimum Gasteiger partial charge on any atom is -0.496 e. The SMILES string of the molecule is COc1cc(NC(=O)OC/C=C/C2=C(C(=O)O)N3C(=O)C(C(C)O)C3C2C)ccc1/C(=C\C=O)C(F)(F)F. The number of hydrogen-bond acceptors (Lipinski definition) is 7. The summed E-state index contributed by atoms with van der Waals surface area (Å²) in [6, 6.07) is 2.84. The molecule has 2 aliphatic heterocycles. The highest BCUT2D eigenvalue weighted by molar-refractivity contribution is 6.00. The van der Waals surface area contributed by atoms with Crippen LogP contribution < -0.4 is 10.1 Å². The summed E-state index contributed by atoms with van der Waals surface area (Å²) in [6.45, 7) is 2.91. The van der Waals surface area contributed by atoms with Gasteiger partial charge in [-0.1, -0.05) is 13.0 Å². The molecule has 4 unspecified atom stereocenters. The number of carbonyl (C=O) groups excluding carboxylic acids is 3. The first kappa shape index (κ1) is 28.4. The molecule has 0 spiro atoms. The molecule has 0 radical (unpaired) electrons. The second kappa shape index (κ2) is 11.1. The fourth-order valence-electron chi connectivity index (χ4n) is 4.66. The Morgan fingerprint density at radius 3 is 2.53 bits per heavy atom. The van der Waals surface area contributed by atoms with Gasteiger partial charge in [-0.05, 0) is 36.8 Å². The van der Waals surface area contributed by atoms with E-state index in [9.17, 15) is 42.6 Å². The standard InChI is InChI=1S/C25H25F3N2O8/c1-12-15(21(23(34)35)30-20(12)19(13(2)32)22(30)33)5-4-10-38-24(36)29-14-6-7-16(18(11-14)37-3)17(8-9-31)25(26,27)28/h4-9,11-13,19-20,32H,10H2,1-3H3,(H,29,36)(H,34,35)/b5-4+,17-8+. The number of anilines is 1. The first-order chi connectivity index (χ1) is 17.8.